The molecule has 0 aliphatic carbocycles. The zero-order valence-electron chi connectivity index (χ0n) is 10.1. The first-order valence-corrected chi connectivity index (χ1v) is 5.29. The summed E-state index contributed by atoms with van der Waals surface area (Å²) in [6, 6.07) is 1.88. The Morgan fingerprint density at radius 3 is 2.45 bits per heavy atom. The molecule has 0 amide bonds. The Hall–Kier alpha value is -2.38. The molecule has 0 spiro atoms. The SMILES string of the molecule is C=C(CC(=O)OCc1ccc(C(F)(F)F)cn1)C(=O)O. The van der Waals surface area contributed by atoms with Crippen molar-refractivity contribution in [1.82, 2.24) is 4.98 Å². The van der Waals surface area contributed by atoms with Crippen LogP contribution in [0.2, 0.25) is 0 Å². The minimum atomic E-state index is -4.48. The molecule has 1 N–H and O–H groups in total. The second-order valence-corrected chi connectivity index (χ2v) is 3.78. The highest BCUT2D eigenvalue weighted by atomic mass is 19.4. The minimum absolute atomic E-state index is 0.118. The van der Waals surface area contributed by atoms with Crippen LogP contribution in [0.1, 0.15) is 17.7 Å². The third kappa shape index (κ3) is 4.71. The zero-order chi connectivity index (χ0) is 15.3. The molecule has 0 saturated heterocycles. The smallest absolute Gasteiger partial charge is 0.417 e. The van der Waals surface area contributed by atoms with Crippen LogP contribution < -0.4 is 0 Å². The highest BCUT2D eigenvalue weighted by molar-refractivity contribution is 5.91. The number of hydrogen-bond donors (Lipinski definition) is 1. The average molecular weight is 289 g/mol. The first-order chi connectivity index (χ1) is 9.20. The van der Waals surface area contributed by atoms with E-state index in [1.54, 1.807) is 0 Å². The first kappa shape index (κ1) is 15.7. The fourth-order valence-electron chi connectivity index (χ4n) is 1.13. The Kier molecular flexibility index (Phi) is 4.84. The molecule has 8 heteroatoms. The molecule has 1 rings (SSSR count). The van der Waals surface area contributed by atoms with Crippen molar-refractivity contribution < 1.29 is 32.6 Å². The molecular weight excluding hydrogens is 279 g/mol. The van der Waals surface area contributed by atoms with Gasteiger partial charge in [-0.05, 0) is 12.1 Å². The highest BCUT2D eigenvalue weighted by Gasteiger charge is 2.30. The Labute approximate surface area is 111 Å². The van der Waals surface area contributed by atoms with E-state index in [0.29, 0.717) is 6.20 Å². The number of carboxylic acid groups (broad SMARTS) is 1. The number of carboxylic acids is 1. The molecule has 5 nitrogen and oxygen atoms in total. The van der Waals surface area contributed by atoms with E-state index in [9.17, 15) is 22.8 Å². The summed E-state index contributed by atoms with van der Waals surface area (Å²) in [6.45, 7) is 2.80. The number of alkyl halides is 3. The molecule has 0 radical (unpaired) electrons. The Bertz CT molecular complexity index is 522. The van der Waals surface area contributed by atoms with E-state index in [1.165, 1.54) is 0 Å². The number of esters is 1. The Morgan fingerprint density at radius 2 is 2.00 bits per heavy atom. The van der Waals surface area contributed by atoms with Crippen molar-refractivity contribution in [2.45, 2.75) is 19.2 Å². The standard InChI is InChI=1S/C12H10F3NO4/c1-7(11(18)19)4-10(17)20-6-9-3-2-8(5-16-9)12(13,14)15/h2-3,5H,1,4,6H2,(H,18,19). The average Bonchev–Trinajstić information content (AvgIpc) is 2.35. The molecule has 0 aliphatic rings. The van der Waals surface area contributed by atoms with Gasteiger partial charge in [0.15, 0.2) is 0 Å². The second-order valence-electron chi connectivity index (χ2n) is 3.78. The van der Waals surface area contributed by atoms with E-state index in [0.717, 1.165) is 12.1 Å². The van der Waals surface area contributed by atoms with Gasteiger partial charge in [0, 0.05) is 11.8 Å². The number of aromatic nitrogens is 1. The van der Waals surface area contributed by atoms with Crippen LogP contribution >= 0.6 is 0 Å². The maximum absolute atomic E-state index is 12.3. The Morgan fingerprint density at radius 1 is 1.35 bits per heavy atom. The summed E-state index contributed by atoms with van der Waals surface area (Å²) in [5.41, 5.74) is -1.13. The highest BCUT2D eigenvalue weighted by Crippen LogP contribution is 2.28. The molecule has 0 aromatic carbocycles. The van der Waals surface area contributed by atoms with Crippen molar-refractivity contribution in [2.75, 3.05) is 0 Å². The van der Waals surface area contributed by atoms with Gasteiger partial charge < -0.3 is 9.84 Å². The maximum Gasteiger partial charge on any atom is 0.417 e. The largest absolute Gasteiger partial charge is 0.478 e. The minimum Gasteiger partial charge on any atom is -0.478 e. The lowest BCUT2D eigenvalue weighted by Gasteiger charge is -2.07. The number of nitrogens with zero attached hydrogens (tertiary/aromatic N) is 1. The number of rotatable bonds is 5. The zero-order valence-corrected chi connectivity index (χ0v) is 10.1. The summed E-state index contributed by atoms with van der Waals surface area (Å²) in [5.74, 6) is -2.17. The first-order valence-electron chi connectivity index (χ1n) is 5.29. The van der Waals surface area contributed by atoms with Gasteiger partial charge in [-0.25, -0.2) is 4.79 Å². The number of ether oxygens (including phenoxy) is 1. The van der Waals surface area contributed by atoms with Gasteiger partial charge in [0.1, 0.15) is 6.61 Å². The van der Waals surface area contributed by atoms with Crippen LogP contribution in [-0.2, 0) is 27.1 Å². The van der Waals surface area contributed by atoms with Crippen LogP contribution in [0.25, 0.3) is 0 Å². The van der Waals surface area contributed by atoms with Gasteiger partial charge in [0.2, 0.25) is 0 Å². The van der Waals surface area contributed by atoms with Crippen LogP contribution in [0.3, 0.4) is 0 Å². The van der Waals surface area contributed by atoms with E-state index >= 15 is 0 Å². The van der Waals surface area contributed by atoms with Crippen molar-refractivity contribution in [3.63, 3.8) is 0 Å². The lowest BCUT2D eigenvalue weighted by atomic mass is 10.2. The third-order valence-electron chi connectivity index (χ3n) is 2.19. The predicted octanol–water partition coefficient (Wildman–Crippen LogP) is 2.17. The fraction of sp³-hybridized carbons (Fsp3) is 0.250. The van der Waals surface area contributed by atoms with Gasteiger partial charge in [0.05, 0.1) is 17.7 Å². The molecule has 108 valence electrons. The summed E-state index contributed by atoms with van der Waals surface area (Å²) in [4.78, 5) is 25.1. The molecule has 0 fully saturated rings. The third-order valence-corrected chi connectivity index (χ3v) is 2.19. The van der Waals surface area contributed by atoms with Crippen molar-refractivity contribution in [1.29, 1.82) is 0 Å². The number of halogens is 3. The van der Waals surface area contributed by atoms with Gasteiger partial charge in [-0.2, -0.15) is 13.2 Å². The summed E-state index contributed by atoms with van der Waals surface area (Å²) in [7, 11) is 0. The molecule has 0 atom stereocenters. The number of aliphatic carboxylic acids is 1. The van der Waals surface area contributed by atoms with Gasteiger partial charge >= 0.3 is 18.1 Å². The number of carbonyl (C=O) groups is 2. The molecule has 0 bridgehead atoms. The van der Waals surface area contributed by atoms with Gasteiger partial charge in [-0.1, -0.05) is 6.58 Å². The van der Waals surface area contributed by atoms with Crippen molar-refractivity contribution in [3.8, 4) is 0 Å². The van der Waals surface area contributed by atoms with Gasteiger partial charge in [-0.15, -0.1) is 0 Å². The summed E-state index contributed by atoms with van der Waals surface area (Å²) >= 11 is 0. The molecule has 0 saturated carbocycles. The number of pyridine rings is 1. The van der Waals surface area contributed by atoms with Crippen molar-refractivity contribution in [3.05, 3.63) is 41.7 Å². The van der Waals surface area contributed by atoms with E-state index in [-0.39, 0.29) is 17.9 Å². The molecule has 1 aromatic rings. The van der Waals surface area contributed by atoms with Crippen molar-refractivity contribution in [2.24, 2.45) is 0 Å². The molecule has 0 unspecified atom stereocenters. The van der Waals surface area contributed by atoms with Gasteiger partial charge in [-0.3, -0.25) is 9.78 Å². The van der Waals surface area contributed by atoms with Crippen LogP contribution in [0.4, 0.5) is 13.2 Å². The molecule has 0 aliphatic heterocycles. The monoisotopic (exact) mass is 289 g/mol. The second kappa shape index (κ2) is 6.18. The quantitative estimate of drug-likeness (QED) is 0.664. The Balaban J connectivity index is 2.52. The predicted molar refractivity (Wildman–Crippen MR) is 60.4 cm³/mol. The van der Waals surface area contributed by atoms with Crippen LogP contribution in [0.5, 0.6) is 0 Å². The van der Waals surface area contributed by atoms with Crippen LogP contribution in [0, 0.1) is 0 Å². The number of carbonyl (C=O) groups excluding carboxylic acids is 1. The van der Waals surface area contributed by atoms with Gasteiger partial charge in [0.25, 0.3) is 0 Å². The fourth-order valence-corrected chi connectivity index (χ4v) is 1.13. The van der Waals surface area contributed by atoms with Crippen molar-refractivity contribution >= 4 is 11.9 Å². The molecule has 1 aromatic heterocycles. The topological polar surface area (TPSA) is 76.5 Å². The van der Waals surface area contributed by atoms with E-state index in [4.69, 9.17) is 5.11 Å². The maximum atomic E-state index is 12.3. The van der Waals surface area contributed by atoms with Crippen LogP contribution in [-0.4, -0.2) is 22.0 Å². The lowest BCUT2D eigenvalue weighted by Crippen LogP contribution is -2.11. The van der Waals surface area contributed by atoms with E-state index in [2.05, 4.69) is 16.3 Å². The molecular formula is C12H10F3NO4. The van der Waals surface area contributed by atoms with E-state index < -0.39 is 30.1 Å². The van der Waals surface area contributed by atoms with Crippen LogP contribution in [0.15, 0.2) is 30.5 Å². The number of hydrogen-bond acceptors (Lipinski definition) is 4. The summed E-state index contributed by atoms with van der Waals surface area (Å²) in [6.07, 6.45) is -4.36. The van der Waals surface area contributed by atoms with E-state index in [1.807, 2.05) is 0 Å². The molecule has 20 heavy (non-hydrogen) atoms. The molecule has 1 heterocycles. The normalized spacial score (nSPS) is 10.9. The summed E-state index contributed by atoms with van der Waals surface area (Å²) in [5, 5.41) is 8.50. The summed E-state index contributed by atoms with van der Waals surface area (Å²) < 4.78 is 41.5. The lowest BCUT2D eigenvalue weighted by molar-refractivity contribution is -0.146.